The number of aliphatic hydroxyl groups is 1. The number of aliphatic hydroxyl groups excluding tert-OH is 1. The number of nitrogens with zero attached hydrogens (tertiary/aromatic N) is 3. The molecule has 18 heavy (non-hydrogen) atoms. The van der Waals surface area contributed by atoms with E-state index in [1.165, 1.54) is 0 Å². The molecule has 0 spiro atoms. The van der Waals surface area contributed by atoms with Gasteiger partial charge in [0.15, 0.2) is 5.41 Å². The normalized spacial score (nSPS) is 24.4. The summed E-state index contributed by atoms with van der Waals surface area (Å²) in [6.07, 6.45) is -0.243. The van der Waals surface area contributed by atoms with Crippen LogP contribution in [0.4, 0.5) is 0 Å². The van der Waals surface area contributed by atoms with Crippen LogP contribution >= 0.6 is 15.9 Å². The maximum Gasteiger partial charge on any atom is 0.190 e. The van der Waals surface area contributed by atoms with Crippen molar-refractivity contribution >= 4 is 15.9 Å². The first-order chi connectivity index (χ1) is 8.49. The van der Waals surface area contributed by atoms with Crippen LogP contribution < -0.4 is 5.32 Å². The van der Waals surface area contributed by atoms with E-state index >= 15 is 0 Å². The molecule has 0 aromatic heterocycles. The third-order valence-corrected chi connectivity index (χ3v) is 4.46. The van der Waals surface area contributed by atoms with Gasteiger partial charge in [-0.2, -0.15) is 15.8 Å². The number of allylic oxidation sites excluding steroid dienone is 1. The van der Waals surface area contributed by atoms with Crippen molar-refractivity contribution in [3.63, 3.8) is 0 Å². The highest BCUT2D eigenvalue weighted by Gasteiger charge is 2.61. The first-order valence-corrected chi connectivity index (χ1v) is 6.36. The molecule has 0 bridgehead atoms. The minimum Gasteiger partial charge on any atom is -0.373 e. The fourth-order valence-corrected chi connectivity index (χ4v) is 3.21. The Bertz CT molecular complexity index is 488. The van der Waals surface area contributed by atoms with Crippen LogP contribution in [0, 0.1) is 44.8 Å². The summed E-state index contributed by atoms with van der Waals surface area (Å²) in [7, 11) is 0. The molecule has 0 aromatic carbocycles. The van der Waals surface area contributed by atoms with Gasteiger partial charge in [-0.1, -0.05) is 13.8 Å². The molecule has 1 aliphatic rings. The summed E-state index contributed by atoms with van der Waals surface area (Å²) in [6, 6.07) is 5.80. The molecule has 6 heteroatoms. The first-order valence-electron chi connectivity index (χ1n) is 5.57. The topological polar surface area (TPSA) is 104 Å². The number of rotatable bonds is 2. The molecule has 0 radical (unpaired) electrons. The molecule has 1 unspecified atom stereocenters. The lowest BCUT2D eigenvalue weighted by atomic mass is 9.56. The van der Waals surface area contributed by atoms with E-state index in [2.05, 4.69) is 21.2 Å². The smallest absolute Gasteiger partial charge is 0.190 e. The molecule has 0 fully saturated rings. The van der Waals surface area contributed by atoms with Gasteiger partial charge >= 0.3 is 0 Å². The summed E-state index contributed by atoms with van der Waals surface area (Å²) >= 11 is 3.11. The SMILES string of the molecule is CCC1(CC)C(O)NC(Br)=C(C#N)C1(C#N)C#N. The average molecular weight is 309 g/mol. The van der Waals surface area contributed by atoms with E-state index in [0.717, 1.165) is 0 Å². The van der Waals surface area contributed by atoms with Crippen LogP contribution in [-0.2, 0) is 0 Å². The van der Waals surface area contributed by atoms with Gasteiger partial charge < -0.3 is 10.4 Å². The monoisotopic (exact) mass is 308 g/mol. The van der Waals surface area contributed by atoms with Crippen molar-refractivity contribution < 1.29 is 5.11 Å². The Morgan fingerprint density at radius 2 is 1.78 bits per heavy atom. The standard InChI is InChI=1S/C12H13BrN4O/c1-3-11(4-2)10(18)17-9(13)8(5-14)12(11,6-15)7-16/h10,17-18H,3-4H2,1-2H3. The zero-order valence-corrected chi connectivity index (χ0v) is 11.7. The van der Waals surface area contributed by atoms with Crippen LogP contribution in [0.2, 0.25) is 0 Å². The lowest BCUT2D eigenvalue weighted by molar-refractivity contribution is -0.0464. The number of hydrogen-bond donors (Lipinski definition) is 2. The predicted molar refractivity (Wildman–Crippen MR) is 67.4 cm³/mol. The van der Waals surface area contributed by atoms with E-state index in [0.29, 0.717) is 12.8 Å². The summed E-state index contributed by atoms with van der Waals surface area (Å²) in [6.45, 7) is 3.60. The van der Waals surface area contributed by atoms with Gasteiger partial charge in [-0.25, -0.2) is 0 Å². The van der Waals surface area contributed by atoms with Crippen LogP contribution in [-0.4, -0.2) is 11.3 Å². The molecule has 5 nitrogen and oxygen atoms in total. The molecule has 0 amide bonds. The second-order valence-corrected chi connectivity index (χ2v) is 4.98. The van der Waals surface area contributed by atoms with E-state index in [1.807, 2.05) is 18.2 Å². The van der Waals surface area contributed by atoms with Crippen molar-refractivity contribution in [2.45, 2.75) is 32.9 Å². The van der Waals surface area contributed by atoms with Gasteiger partial charge in [0.05, 0.1) is 27.7 Å². The largest absolute Gasteiger partial charge is 0.373 e. The molecule has 0 aromatic rings. The summed E-state index contributed by atoms with van der Waals surface area (Å²) in [5.74, 6) is 0. The summed E-state index contributed by atoms with van der Waals surface area (Å²) in [5.41, 5.74) is -2.62. The molecule has 2 N–H and O–H groups in total. The second-order valence-electron chi connectivity index (χ2n) is 4.18. The van der Waals surface area contributed by atoms with Gasteiger partial charge in [-0.15, -0.1) is 0 Å². The molecule has 1 atom stereocenters. The van der Waals surface area contributed by atoms with Crippen LogP contribution in [0.5, 0.6) is 0 Å². The first kappa shape index (κ1) is 14.5. The third-order valence-electron chi connectivity index (χ3n) is 3.84. The number of halogens is 1. The highest BCUT2D eigenvalue weighted by atomic mass is 79.9. The van der Waals surface area contributed by atoms with Gasteiger partial charge in [0.1, 0.15) is 12.3 Å². The van der Waals surface area contributed by atoms with Crippen molar-refractivity contribution in [3.05, 3.63) is 10.2 Å². The maximum atomic E-state index is 10.2. The van der Waals surface area contributed by atoms with E-state index in [9.17, 15) is 20.9 Å². The Labute approximate surface area is 114 Å². The van der Waals surface area contributed by atoms with Gasteiger partial charge in [0.2, 0.25) is 0 Å². The summed E-state index contributed by atoms with van der Waals surface area (Å²) in [4.78, 5) is 0. The van der Waals surface area contributed by atoms with Gasteiger partial charge in [0, 0.05) is 0 Å². The Hall–Kier alpha value is -1.55. The van der Waals surface area contributed by atoms with E-state index in [1.54, 1.807) is 13.8 Å². The lowest BCUT2D eigenvalue weighted by Crippen LogP contribution is -2.58. The quantitative estimate of drug-likeness (QED) is 0.758. The minimum atomic E-state index is -1.64. The van der Waals surface area contributed by atoms with E-state index in [4.69, 9.17) is 0 Å². The molecule has 94 valence electrons. The Morgan fingerprint density at radius 3 is 2.11 bits per heavy atom. The fourth-order valence-electron chi connectivity index (χ4n) is 2.61. The average Bonchev–Trinajstić information content (AvgIpc) is 2.38. The van der Waals surface area contributed by atoms with Gasteiger partial charge in [-0.05, 0) is 28.8 Å². The number of nitrogens with one attached hydrogen (secondary N) is 1. The van der Waals surface area contributed by atoms with Crippen LogP contribution in [0.3, 0.4) is 0 Å². The Morgan fingerprint density at radius 1 is 1.28 bits per heavy atom. The summed E-state index contributed by atoms with van der Waals surface area (Å²) in [5, 5.41) is 41.1. The summed E-state index contributed by atoms with van der Waals surface area (Å²) < 4.78 is 0.207. The third kappa shape index (κ3) is 1.52. The number of hydrogen-bond acceptors (Lipinski definition) is 5. The van der Waals surface area contributed by atoms with Gasteiger partial charge in [-0.3, -0.25) is 0 Å². The zero-order valence-electron chi connectivity index (χ0n) is 10.2. The van der Waals surface area contributed by atoms with Gasteiger partial charge in [0.25, 0.3) is 0 Å². The Kier molecular flexibility index (Phi) is 4.02. The minimum absolute atomic E-state index is 0.0292. The van der Waals surface area contributed by atoms with E-state index in [-0.39, 0.29) is 10.2 Å². The van der Waals surface area contributed by atoms with E-state index < -0.39 is 17.1 Å². The van der Waals surface area contributed by atoms with Crippen molar-refractivity contribution in [1.82, 2.24) is 5.32 Å². The molecule has 0 saturated heterocycles. The highest BCUT2D eigenvalue weighted by molar-refractivity contribution is 9.11. The molecule has 0 saturated carbocycles. The highest BCUT2D eigenvalue weighted by Crippen LogP contribution is 2.54. The molecule has 1 rings (SSSR count). The van der Waals surface area contributed by atoms with Crippen molar-refractivity contribution in [2.75, 3.05) is 0 Å². The molecule has 0 aliphatic carbocycles. The molecular weight excluding hydrogens is 296 g/mol. The van der Waals surface area contributed by atoms with Crippen molar-refractivity contribution in [3.8, 4) is 18.2 Å². The fraction of sp³-hybridized carbons (Fsp3) is 0.583. The lowest BCUT2D eigenvalue weighted by Gasteiger charge is -2.48. The number of nitriles is 3. The Balaban J connectivity index is 3.71. The maximum absolute atomic E-state index is 10.2. The zero-order chi connectivity index (χ0) is 14.0. The van der Waals surface area contributed by atoms with Crippen LogP contribution in [0.15, 0.2) is 10.2 Å². The molecule has 1 aliphatic heterocycles. The van der Waals surface area contributed by atoms with Crippen molar-refractivity contribution in [2.24, 2.45) is 10.8 Å². The second kappa shape index (κ2) is 4.98. The van der Waals surface area contributed by atoms with Crippen molar-refractivity contribution in [1.29, 1.82) is 15.8 Å². The molecule has 1 heterocycles. The van der Waals surface area contributed by atoms with Crippen LogP contribution in [0.1, 0.15) is 26.7 Å². The molecular formula is C12H13BrN4O. The van der Waals surface area contributed by atoms with Crippen LogP contribution in [0.25, 0.3) is 0 Å². The predicted octanol–water partition coefficient (Wildman–Crippen LogP) is 1.88.